The number of aromatic nitrogens is 5. The molecule has 1 saturated heterocycles. The van der Waals surface area contributed by atoms with Crippen molar-refractivity contribution in [2.45, 2.75) is 6.54 Å². The highest BCUT2D eigenvalue weighted by molar-refractivity contribution is 7.91. The van der Waals surface area contributed by atoms with Gasteiger partial charge in [0.15, 0.2) is 15.5 Å². The fraction of sp³-hybridized carbons (Fsp3) is 0.240. The van der Waals surface area contributed by atoms with Crippen LogP contribution in [0.1, 0.15) is 5.56 Å². The lowest BCUT2D eigenvalue weighted by Gasteiger charge is -2.26. The molecule has 9 nitrogen and oxygen atoms in total. The molecule has 6 rings (SSSR count). The van der Waals surface area contributed by atoms with Gasteiger partial charge in [0, 0.05) is 43.3 Å². The van der Waals surface area contributed by atoms with E-state index in [9.17, 15) is 8.42 Å². The van der Waals surface area contributed by atoms with Gasteiger partial charge in [-0.25, -0.2) is 12.9 Å². The van der Waals surface area contributed by atoms with Crippen LogP contribution in [-0.4, -0.2) is 62.3 Å². The van der Waals surface area contributed by atoms with Crippen molar-refractivity contribution >= 4 is 38.0 Å². The van der Waals surface area contributed by atoms with Crippen LogP contribution in [0.2, 0.25) is 0 Å². The predicted octanol–water partition coefficient (Wildman–Crippen LogP) is 3.26. The molecule has 0 radical (unpaired) electrons. The van der Waals surface area contributed by atoms with Crippen LogP contribution in [-0.2, 0) is 23.4 Å². The first-order chi connectivity index (χ1) is 16.9. The number of rotatable bonds is 5. The first-order valence-corrected chi connectivity index (χ1v) is 13.3. The van der Waals surface area contributed by atoms with Gasteiger partial charge in [-0.1, -0.05) is 30.3 Å². The van der Waals surface area contributed by atoms with Crippen LogP contribution < -0.4 is 5.32 Å². The molecule has 178 valence electrons. The van der Waals surface area contributed by atoms with E-state index in [4.69, 9.17) is 5.10 Å². The molecule has 4 heterocycles. The summed E-state index contributed by atoms with van der Waals surface area (Å²) in [5, 5.41) is 13.4. The average Bonchev–Trinajstić information content (AvgIpc) is 3.44. The second-order valence-electron chi connectivity index (χ2n) is 8.91. The number of nitrogens with one attached hydrogen (secondary N) is 1. The number of nitrogens with zero attached hydrogens (tertiary/aromatic N) is 6. The van der Waals surface area contributed by atoms with E-state index in [0.29, 0.717) is 19.0 Å². The molecule has 0 aliphatic carbocycles. The molecule has 0 spiro atoms. The van der Waals surface area contributed by atoms with Gasteiger partial charge in [0.1, 0.15) is 0 Å². The van der Waals surface area contributed by atoms with Crippen LogP contribution >= 0.6 is 0 Å². The summed E-state index contributed by atoms with van der Waals surface area (Å²) in [7, 11) is -0.945. The van der Waals surface area contributed by atoms with E-state index in [1.54, 1.807) is 0 Å². The maximum atomic E-state index is 11.7. The van der Waals surface area contributed by atoms with Crippen molar-refractivity contribution in [1.29, 1.82) is 0 Å². The molecule has 0 atom stereocenters. The lowest BCUT2D eigenvalue weighted by molar-refractivity contribution is 0.287. The zero-order valence-corrected chi connectivity index (χ0v) is 20.1. The molecule has 0 saturated carbocycles. The number of benzene rings is 2. The number of aryl methyl sites for hydroxylation is 1. The molecule has 0 amide bonds. The van der Waals surface area contributed by atoms with Gasteiger partial charge in [-0.3, -0.25) is 9.58 Å². The Morgan fingerprint density at radius 2 is 1.80 bits per heavy atom. The van der Waals surface area contributed by atoms with E-state index >= 15 is 0 Å². The molecule has 2 aromatic carbocycles. The normalized spacial score (nSPS) is 16.1. The maximum absolute atomic E-state index is 11.7. The number of hydrogen-bond donors (Lipinski definition) is 1. The Morgan fingerprint density at radius 3 is 2.60 bits per heavy atom. The van der Waals surface area contributed by atoms with Crippen molar-refractivity contribution in [3.8, 4) is 11.3 Å². The SMILES string of the molecule is Cn1ncc2ccc(Nc3nc4cccc(-c5ccc(CN6CCS(=O)(=O)CC6)cc5)n4n3)cc21. The molecular weight excluding hydrogens is 462 g/mol. The molecule has 3 aromatic heterocycles. The highest BCUT2D eigenvalue weighted by Crippen LogP contribution is 2.24. The number of fused-ring (bicyclic) bond motifs is 2. The van der Waals surface area contributed by atoms with Crippen LogP contribution in [0.5, 0.6) is 0 Å². The van der Waals surface area contributed by atoms with Crippen LogP contribution in [0.3, 0.4) is 0 Å². The van der Waals surface area contributed by atoms with E-state index in [1.165, 1.54) is 0 Å². The van der Waals surface area contributed by atoms with Crippen LogP contribution in [0, 0.1) is 0 Å². The third-order valence-corrected chi connectivity index (χ3v) is 8.07. The lowest BCUT2D eigenvalue weighted by Crippen LogP contribution is -2.39. The maximum Gasteiger partial charge on any atom is 0.247 e. The summed E-state index contributed by atoms with van der Waals surface area (Å²) in [5.41, 5.74) is 5.82. The second kappa shape index (κ2) is 8.47. The first-order valence-electron chi connectivity index (χ1n) is 11.5. The van der Waals surface area contributed by atoms with Gasteiger partial charge in [0.25, 0.3) is 0 Å². The number of pyridine rings is 1. The van der Waals surface area contributed by atoms with Crippen molar-refractivity contribution < 1.29 is 8.42 Å². The summed E-state index contributed by atoms with van der Waals surface area (Å²) in [6.07, 6.45) is 1.84. The highest BCUT2D eigenvalue weighted by atomic mass is 32.2. The van der Waals surface area contributed by atoms with E-state index in [2.05, 4.69) is 44.6 Å². The monoisotopic (exact) mass is 487 g/mol. The summed E-state index contributed by atoms with van der Waals surface area (Å²) in [5.74, 6) is 1.01. The fourth-order valence-corrected chi connectivity index (χ4v) is 5.75. The van der Waals surface area contributed by atoms with Gasteiger partial charge in [-0.2, -0.15) is 10.1 Å². The fourth-order valence-electron chi connectivity index (χ4n) is 4.48. The Morgan fingerprint density at radius 1 is 1.00 bits per heavy atom. The van der Waals surface area contributed by atoms with Crippen molar-refractivity contribution in [1.82, 2.24) is 29.3 Å². The van der Waals surface area contributed by atoms with E-state index < -0.39 is 9.84 Å². The minimum absolute atomic E-state index is 0.242. The minimum atomic E-state index is -2.86. The Labute approximate surface area is 202 Å². The molecule has 35 heavy (non-hydrogen) atoms. The predicted molar refractivity (Wildman–Crippen MR) is 136 cm³/mol. The van der Waals surface area contributed by atoms with Crippen LogP contribution in [0.15, 0.2) is 66.9 Å². The molecule has 0 bridgehead atoms. The largest absolute Gasteiger partial charge is 0.323 e. The number of sulfone groups is 1. The van der Waals surface area contributed by atoms with Crippen molar-refractivity contribution in [2.24, 2.45) is 7.05 Å². The van der Waals surface area contributed by atoms with Crippen molar-refractivity contribution in [3.63, 3.8) is 0 Å². The molecule has 1 aliphatic rings. The molecule has 10 heteroatoms. The van der Waals surface area contributed by atoms with Gasteiger partial charge in [0.05, 0.1) is 28.9 Å². The van der Waals surface area contributed by atoms with Crippen molar-refractivity contribution in [3.05, 3.63) is 72.4 Å². The molecule has 5 aromatic rings. The summed E-state index contributed by atoms with van der Waals surface area (Å²) < 4.78 is 27.0. The average molecular weight is 488 g/mol. The third kappa shape index (κ3) is 4.38. The molecule has 1 aliphatic heterocycles. The zero-order valence-electron chi connectivity index (χ0n) is 19.3. The van der Waals surface area contributed by atoms with Gasteiger partial charge < -0.3 is 5.32 Å². The summed E-state index contributed by atoms with van der Waals surface area (Å²) in [6.45, 7) is 1.93. The van der Waals surface area contributed by atoms with Gasteiger partial charge in [0.2, 0.25) is 5.95 Å². The van der Waals surface area contributed by atoms with Gasteiger partial charge >= 0.3 is 0 Å². The van der Waals surface area contributed by atoms with Gasteiger partial charge in [-0.05, 0) is 35.9 Å². The van der Waals surface area contributed by atoms with Crippen LogP contribution in [0.25, 0.3) is 27.8 Å². The van der Waals surface area contributed by atoms with Crippen molar-refractivity contribution in [2.75, 3.05) is 29.9 Å². The lowest BCUT2D eigenvalue weighted by atomic mass is 10.1. The number of hydrogen-bond acceptors (Lipinski definition) is 7. The van der Waals surface area contributed by atoms with E-state index in [-0.39, 0.29) is 11.5 Å². The smallest absolute Gasteiger partial charge is 0.247 e. The minimum Gasteiger partial charge on any atom is -0.323 e. The van der Waals surface area contributed by atoms with E-state index in [0.717, 1.165) is 45.6 Å². The Kier molecular flexibility index (Phi) is 5.27. The number of anilines is 2. The Balaban J connectivity index is 1.23. The van der Waals surface area contributed by atoms with E-state index in [1.807, 2.05) is 58.8 Å². The second-order valence-corrected chi connectivity index (χ2v) is 11.2. The first kappa shape index (κ1) is 21.8. The highest BCUT2D eigenvalue weighted by Gasteiger charge is 2.21. The quantitative estimate of drug-likeness (QED) is 0.406. The summed E-state index contributed by atoms with van der Waals surface area (Å²) >= 11 is 0. The molecule has 1 fully saturated rings. The molecule has 0 unspecified atom stereocenters. The van der Waals surface area contributed by atoms with Crippen LogP contribution in [0.4, 0.5) is 11.6 Å². The summed E-state index contributed by atoms with van der Waals surface area (Å²) in [4.78, 5) is 6.84. The molecular formula is C25H25N7O2S. The Bertz CT molecular complexity index is 1620. The molecule has 1 N–H and O–H groups in total. The zero-order chi connectivity index (χ0) is 24.0. The third-order valence-electron chi connectivity index (χ3n) is 6.46. The standard InChI is InChI=1S/C25H25N7O2S/c1-30-23-15-21(10-9-20(23)16-26-30)27-25-28-24-4-2-3-22(32(24)29-25)19-7-5-18(6-8-19)17-31-11-13-35(33,34)14-12-31/h2-10,15-16H,11-14,17H2,1H3,(H,27,29). The topological polar surface area (TPSA) is 97.4 Å². The Hall–Kier alpha value is -3.76. The summed E-state index contributed by atoms with van der Waals surface area (Å²) in [6, 6.07) is 20.3. The van der Waals surface area contributed by atoms with Gasteiger partial charge in [-0.15, -0.1) is 5.10 Å².